The van der Waals surface area contributed by atoms with Gasteiger partial charge in [-0.15, -0.1) is 6.58 Å². The van der Waals surface area contributed by atoms with E-state index < -0.39 is 0 Å². The third kappa shape index (κ3) is 4.02. The average Bonchev–Trinajstić information content (AvgIpc) is 2.46. The van der Waals surface area contributed by atoms with Gasteiger partial charge < -0.3 is 0 Å². The lowest BCUT2D eigenvalue weighted by Crippen LogP contribution is -1.92. The third-order valence-electron chi connectivity index (χ3n) is 2.91. The van der Waals surface area contributed by atoms with Crippen LogP contribution in [0.1, 0.15) is 23.5 Å². The van der Waals surface area contributed by atoms with Crippen LogP contribution in [0.5, 0.6) is 0 Å². The molecule has 1 unspecified atom stereocenters. The fraction of sp³-hybridized carbons (Fsp3) is 0.111. The number of hydrogen-bond acceptors (Lipinski definition) is 0. The molecule has 0 amide bonds. The molecule has 0 bridgehead atoms. The summed E-state index contributed by atoms with van der Waals surface area (Å²) in [5, 5.41) is 0.735. The standard InChI is InChI=1S/C18H15Cl/c1-2-16(17-8-4-3-5-9-17)10-6-7-15-11-13-18(19)14-12-15/h2-5,8-9,11-14,16H,1,10H2. The number of benzene rings is 2. The summed E-state index contributed by atoms with van der Waals surface area (Å²) in [5.74, 6) is 6.64. The summed E-state index contributed by atoms with van der Waals surface area (Å²) >= 11 is 5.84. The zero-order valence-corrected chi connectivity index (χ0v) is 11.4. The highest BCUT2D eigenvalue weighted by Gasteiger charge is 2.04. The largest absolute Gasteiger partial charge is 0.102 e. The molecule has 0 heterocycles. The lowest BCUT2D eigenvalue weighted by Gasteiger charge is -2.08. The van der Waals surface area contributed by atoms with Crippen LogP contribution in [0.4, 0.5) is 0 Å². The maximum absolute atomic E-state index is 5.84. The quantitative estimate of drug-likeness (QED) is 0.539. The Labute approximate surface area is 119 Å². The molecular formula is C18H15Cl. The molecule has 0 radical (unpaired) electrons. The van der Waals surface area contributed by atoms with E-state index in [2.05, 4.69) is 30.6 Å². The predicted molar refractivity (Wildman–Crippen MR) is 82.3 cm³/mol. The van der Waals surface area contributed by atoms with Crippen LogP contribution in [0.3, 0.4) is 0 Å². The van der Waals surface area contributed by atoms with E-state index in [-0.39, 0.29) is 5.92 Å². The van der Waals surface area contributed by atoms with Crippen molar-refractivity contribution in [2.24, 2.45) is 0 Å². The summed E-state index contributed by atoms with van der Waals surface area (Å²) in [6, 6.07) is 17.9. The highest BCUT2D eigenvalue weighted by atomic mass is 35.5. The topological polar surface area (TPSA) is 0 Å². The Balaban J connectivity index is 2.05. The van der Waals surface area contributed by atoms with Gasteiger partial charge in [0.25, 0.3) is 0 Å². The smallest absolute Gasteiger partial charge is 0.0406 e. The van der Waals surface area contributed by atoms with Gasteiger partial charge in [-0.2, -0.15) is 0 Å². The van der Waals surface area contributed by atoms with Crippen LogP contribution < -0.4 is 0 Å². The molecule has 0 N–H and O–H groups in total. The lowest BCUT2D eigenvalue weighted by atomic mass is 9.96. The van der Waals surface area contributed by atoms with Crippen molar-refractivity contribution in [2.75, 3.05) is 0 Å². The molecule has 0 fully saturated rings. The van der Waals surface area contributed by atoms with Gasteiger partial charge in [-0.3, -0.25) is 0 Å². The molecule has 0 nitrogen and oxygen atoms in total. The minimum absolute atomic E-state index is 0.279. The summed E-state index contributed by atoms with van der Waals surface area (Å²) in [5.41, 5.74) is 2.24. The van der Waals surface area contributed by atoms with Crippen molar-refractivity contribution in [2.45, 2.75) is 12.3 Å². The molecule has 19 heavy (non-hydrogen) atoms. The minimum Gasteiger partial charge on any atom is -0.102 e. The lowest BCUT2D eigenvalue weighted by molar-refractivity contribution is 0.885. The van der Waals surface area contributed by atoms with Crippen molar-refractivity contribution < 1.29 is 0 Å². The molecule has 1 atom stereocenters. The molecule has 0 spiro atoms. The van der Waals surface area contributed by atoms with E-state index in [0.29, 0.717) is 0 Å². The summed E-state index contributed by atoms with van der Waals surface area (Å²) in [4.78, 5) is 0. The Morgan fingerprint density at radius 1 is 1.05 bits per heavy atom. The van der Waals surface area contributed by atoms with E-state index in [1.807, 2.05) is 48.5 Å². The van der Waals surface area contributed by atoms with E-state index in [1.165, 1.54) is 5.56 Å². The van der Waals surface area contributed by atoms with Crippen molar-refractivity contribution in [3.8, 4) is 11.8 Å². The molecule has 2 aromatic rings. The SMILES string of the molecule is C=CC(CC#Cc1ccc(Cl)cc1)c1ccccc1. The summed E-state index contributed by atoms with van der Waals surface area (Å²) in [7, 11) is 0. The van der Waals surface area contributed by atoms with Crippen molar-refractivity contribution in [1.29, 1.82) is 0 Å². The van der Waals surface area contributed by atoms with Gasteiger partial charge in [0.2, 0.25) is 0 Å². The van der Waals surface area contributed by atoms with Crippen LogP contribution in [-0.2, 0) is 0 Å². The van der Waals surface area contributed by atoms with Crippen LogP contribution in [-0.4, -0.2) is 0 Å². The first-order valence-electron chi connectivity index (χ1n) is 6.21. The average molecular weight is 267 g/mol. The first-order valence-corrected chi connectivity index (χ1v) is 6.59. The molecular weight excluding hydrogens is 252 g/mol. The molecule has 1 heteroatoms. The fourth-order valence-corrected chi connectivity index (χ4v) is 1.96. The van der Waals surface area contributed by atoms with E-state index in [1.54, 1.807) is 0 Å². The molecule has 0 aliphatic carbocycles. The van der Waals surface area contributed by atoms with Gasteiger partial charge in [0.05, 0.1) is 0 Å². The summed E-state index contributed by atoms with van der Waals surface area (Å²) < 4.78 is 0. The van der Waals surface area contributed by atoms with Crippen molar-refractivity contribution in [3.05, 3.63) is 83.4 Å². The highest BCUT2D eigenvalue weighted by Crippen LogP contribution is 2.19. The number of allylic oxidation sites excluding steroid dienone is 1. The Morgan fingerprint density at radius 3 is 2.37 bits per heavy atom. The van der Waals surface area contributed by atoms with Gasteiger partial charge >= 0.3 is 0 Å². The van der Waals surface area contributed by atoms with Crippen LogP contribution in [0.25, 0.3) is 0 Å². The zero-order chi connectivity index (χ0) is 13.5. The second-order valence-electron chi connectivity index (χ2n) is 4.27. The molecule has 0 aliphatic heterocycles. The third-order valence-corrected chi connectivity index (χ3v) is 3.16. The molecule has 0 aliphatic rings. The monoisotopic (exact) mass is 266 g/mol. The zero-order valence-electron chi connectivity index (χ0n) is 10.6. The number of hydrogen-bond donors (Lipinski definition) is 0. The Morgan fingerprint density at radius 2 is 1.74 bits per heavy atom. The first kappa shape index (κ1) is 13.5. The van der Waals surface area contributed by atoms with Crippen LogP contribution >= 0.6 is 11.6 Å². The maximum atomic E-state index is 5.84. The molecule has 0 aromatic heterocycles. The van der Waals surface area contributed by atoms with Crippen LogP contribution in [0, 0.1) is 11.8 Å². The maximum Gasteiger partial charge on any atom is 0.0406 e. The van der Waals surface area contributed by atoms with Gasteiger partial charge in [0, 0.05) is 22.9 Å². The van der Waals surface area contributed by atoms with Gasteiger partial charge in [-0.05, 0) is 29.8 Å². The van der Waals surface area contributed by atoms with Gasteiger partial charge in [0.15, 0.2) is 0 Å². The Kier molecular flexibility index (Phi) is 4.84. The van der Waals surface area contributed by atoms with Crippen LogP contribution in [0.2, 0.25) is 5.02 Å². The van der Waals surface area contributed by atoms with Gasteiger partial charge in [0.1, 0.15) is 0 Å². The van der Waals surface area contributed by atoms with Crippen molar-refractivity contribution >= 4 is 11.6 Å². The second kappa shape index (κ2) is 6.83. The van der Waals surface area contributed by atoms with Gasteiger partial charge in [-0.25, -0.2) is 0 Å². The molecule has 0 saturated carbocycles. The number of halogens is 1. The van der Waals surface area contributed by atoms with E-state index in [4.69, 9.17) is 11.6 Å². The first-order chi connectivity index (χ1) is 9.29. The van der Waals surface area contributed by atoms with E-state index >= 15 is 0 Å². The molecule has 2 aromatic carbocycles. The van der Waals surface area contributed by atoms with Crippen molar-refractivity contribution in [1.82, 2.24) is 0 Å². The Hall–Kier alpha value is -1.97. The highest BCUT2D eigenvalue weighted by molar-refractivity contribution is 6.30. The Bertz CT molecular complexity index is 585. The van der Waals surface area contributed by atoms with Crippen LogP contribution in [0.15, 0.2) is 67.3 Å². The van der Waals surface area contributed by atoms with Gasteiger partial charge in [-0.1, -0.05) is 59.8 Å². The predicted octanol–water partition coefficient (Wildman–Crippen LogP) is 5.05. The second-order valence-corrected chi connectivity index (χ2v) is 4.70. The molecule has 94 valence electrons. The summed E-state index contributed by atoms with van der Waals surface area (Å²) in [6.45, 7) is 3.89. The minimum atomic E-state index is 0.279. The normalized spacial score (nSPS) is 11.2. The van der Waals surface area contributed by atoms with Crippen molar-refractivity contribution in [3.63, 3.8) is 0 Å². The number of rotatable bonds is 3. The fourth-order valence-electron chi connectivity index (χ4n) is 1.83. The molecule has 0 saturated heterocycles. The van der Waals surface area contributed by atoms with E-state index in [9.17, 15) is 0 Å². The van der Waals surface area contributed by atoms with E-state index in [0.717, 1.165) is 17.0 Å². The molecule has 2 rings (SSSR count). The summed E-state index contributed by atoms with van der Waals surface area (Å²) in [6.07, 6.45) is 2.72.